The quantitative estimate of drug-likeness (QED) is 0.404. The number of carbonyl (C=O) groups excluding carboxylic acids is 1. The Balaban J connectivity index is 2.72. The molecule has 0 saturated carbocycles. The van der Waals surface area contributed by atoms with Gasteiger partial charge in [0.2, 0.25) is 0 Å². The monoisotopic (exact) mass is 298 g/mol. The first-order valence-electron chi connectivity index (χ1n) is 5.86. The number of hydrogen-bond acceptors (Lipinski definition) is 6. The van der Waals surface area contributed by atoms with E-state index in [-0.39, 0.29) is 17.0 Å². The van der Waals surface area contributed by atoms with Crippen LogP contribution in [0.3, 0.4) is 0 Å². The Hall–Kier alpha value is -2.68. The average Bonchev–Trinajstić information content (AvgIpc) is 2.45. The second-order valence-corrected chi connectivity index (χ2v) is 3.87. The van der Waals surface area contributed by atoms with Crippen molar-refractivity contribution >= 4 is 17.6 Å². The molecule has 0 fully saturated rings. The first-order valence-corrected chi connectivity index (χ1v) is 5.86. The van der Waals surface area contributed by atoms with Gasteiger partial charge in [-0.25, -0.2) is 4.79 Å². The Morgan fingerprint density at radius 3 is 2.71 bits per heavy atom. The van der Waals surface area contributed by atoms with Crippen LogP contribution in [0.5, 0.6) is 5.75 Å². The highest BCUT2D eigenvalue weighted by atomic mass is 16.6. The van der Waals surface area contributed by atoms with Gasteiger partial charge in [-0.15, -0.1) is 0 Å². The predicted molar refractivity (Wildman–Crippen MR) is 70.4 cm³/mol. The number of carboxylic acid groups (broad SMARTS) is 1. The molecule has 0 atom stereocenters. The van der Waals surface area contributed by atoms with Gasteiger partial charge >= 0.3 is 5.97 Å². The smallest absolute Gasteiger partial charge is 0.339 e. The molecule has 0 radical (unpaired) electrons. The van der Waals surface area contributed by atoms with Crippen LogP contribution < -0.4 is 10.1 Å². The lowest BCUT2D eigenvalue weighted by atomic mass is 10.2. The molecule has 9 nitrogen and oxygen atoms in total. The Morgan fingerprint density at radius 1 is 1.43 bits per heavy atom. The van der Waals surface area contributed by atoms with Crippen LogP contribution in [0, 0.1) is 10.1 Å². The molecule has 9 heteroatoms. The first kappa shape index (κ1) is 16.4. The molecule has 0 spiro atoms. The molecule has 0 bridgehead atoms. The topological polar surface area (TPSA) is 128 Å². The van der Waals surface area contributed by atoms with E-state index in [1.165, 1.54) is 7.11 Å². The number of nitrogens with one attached hydrogen (secondary N) is 1. The summed E-state index contributed by atoms with van der Waals surface area (Å²) in [5, 5.41) is 22.1. The number of aromatic carboxylic acids is 1. The van der Waals surface area contributed by atoms with E-state index in [4.69, 9.17) is 14.6 Å². The van der Waals surface area contributed by atoms with Crippen LogP contribution in [-0.4, -0.2) is 48.8 Å². The summed E-state index contributed by atoms with van der Waals surface area (Å²) in [5.74, 6) is -1.95. The number of amides is 1. The summed E-state index contributed by atoms with van der Waals surface area (Å²) in [6.07, 6.45) is 0. The molecule has 0 unspecified atom stereocenters. The van der Waals surface area contributed by atoms with Crippen molar-refractivity contribution in [3.05, 3.63) is 33.9 Å². The minimum absolute atomic E-state index is 0.116. The zero-order chi connectivity index (χ0) is 15.8. The number of non-ortho nitro benzene ring substituents is 1. The van der Waals surface area contributed by atoms with Crippen molar-refractivity contribution in [1.82, 2.24) is 5.32 Å². The number of methoxy groups -OCH3 is 1. The van der Waals surface area contributed by atoms with E-state index >= 15 is 0 Å². The van der Waals surface area contributed by atoms with Gasteiger partial charge in [-0.2, -0.15) is 0 Å². The van der Waals surface area contributed by atoms with Gasteiger partial charge in [-0.1, -0.05) is 0 Å². The van der Waals surface area contributed by atoms with E-state index in [1.54, 1.807) is 0 Å². The van der Waals surface area contributed by atoms with E-state index in [1.807, 2.05) is 0 Å². The maximum absolute atomic E-state index is 11.4. The van der Waals surface area contributed by atoms with E-state index in [0.29, 0.717) is 13.2 Å². The summed E-state index contributed by atoms with van der Waals surface area (Å²) in [6.45, 7) is 0.232. The maximum atomic E-state index is 11.4. The number of ether oxygens (including phenoxy) is 2. The van der Waals surface area contributed by atoms with Crippen molar-refractivity contribution in [1.29, 1.82) is 0 Å². The molecule has 0 aliphatic heterocycles. The van der Waals surface area contributed by atoms with E-state index < -0.39 is 23.4 Å². The minimum atomic E-state index is -1.38. The van der Waals surface area contributed by atoms with Crippen molar-refractivity contribution in [2.24, 2.45) is 0 Å². The van der Waals surface area contributed by atoms with Crippen LogP contribution >= 0.6 is 0 Å². The Morgan fingerprint density at radius 2 is 2.14 bits per heavy atom. The summed E-state index contributed by atoms with van der Waals surface area (Å²) in [7, 11) is 1.48. The van der Waals surface area contributed by atoms with Gasteiger partial charge in [0.25, 0.3) is 11.6 Å². The fourth-order valence-corrected chi connectivity index (χ4v) is 1.41. The molecule has 0 saturated heterocycles. The van der Waals surface area contributed by atoms with Gasteiger partial charge in [-0.3, -0.25) is 14.9 Å². The highest BCUT2D eigenvalue weighted by Gasteiger charge is 2.17. The summed E-state index contributed by atoms with van der Waals surface area (Å²) < 4.78 is 9.81. The highest BCUT2D eigenvalue weighted by molar-refractivity contribution is 5.92. The minimum Gasteiger partial charge on any atom is -0.483 e. The van der Waals surface area contributed by atoms with Crippen LogP contribution in [0.15, 0.2) is 18.2 Å². The molecule has 114 valence electrons. The number of nitro benzene ring substituents is 1. The SMILES string of the molecule is COCCNC(=O)COc1ccc([N+](=O)[O-])cc1C(=O)O. The van der Waals surface area contributed by atoms with Gasteiger partial charge < -0.3 is 19.9 Å². The van der Waals surface area contributed by atoms with Crippen LogP contribution in [0.4, 0.5) is 5.69 Å². The molecule has 0 aliphatic rings. The predicted octanol–water partition coefficient (Wildman–Crippen LogP) is 0.434. The normalized spacial score (nSPS) is 9.95. The van der Waals surface area contributed by atoms with Crippen molar-refractivity contribution in [2.45, 2.75) is 0 Å². The molecule has 0 aromatic heterocycles. The second-order valence-electron chi connectivity index (χ2n) is 3.87. The molecule has 0 heterocycles. The number of carboxylic acids is 1. The second kappa shape index (κ2) is 7.80. The molecule has 2 N–H and O–H groups in total. The molecule has 1 rings (SSSR count). The summed E-state index contributed by atoms with van der Waals surface area (Å²) in [4.78, 5) is 32.3. The zero-order valence-electron chi connectivity index (χ0n) is 11.2. The molecule has 1 aromatic rings. The number of nitro groups is 1. The fraction of sp³-hybridized carbons (Fsp3) is 0.333. The fourth-order valence-electron chi connectivity index (χ4n) is 1.41. The average molecular weight is 298 g/mol. The molecule has 21 heavy (non-hydrogen) atoms. The largest absolute Gasteiger partial charge is 0.483 e. The number of nitrogens with zero attached hydrogens (tertiary/aromatic N) is 1. The number of benzene rings is 1. The first-order chi connectivity index (χ1) is 9.95. The molecular weight excluding hydrogens is 284 g/mol. The Labute approximate surface area is 119 Å². The molecule has 0 aliphatic carbocycles. The lowest BCUT2D eigenvalue weighted by Crippen LogP contribution is -2.31. The summed E-state index contributed by atoms with van der Waals surface area (Å²) in [5.41, 5.74) is -0.752. The van der Waals surface area contributed by atoms with Crippen molar-refractivity contribution in [3.8, 4) is 5.75 Å². The number of hydrogen-bond donors (Lipinski definition) is 2. The summed E-state index contributed by atoms with van der Waals surface area (Å²) >= 11 is 0. The third-order valence-corrected chi connectivity index (χ3v) is 2.39. The lowest BCUT2D eigenvalue weighted by molar-refractivity contribution is -0.384. The maximum Gasteiger partial charge on any atom is 0.339 e. The standard InChI is InChI=1S/C12H14N2O7/c1-20-5-4-13-11(15)7-21-10-3-2-8(14(18)19)6-9(10)12(16)17/h2-3,6H,4-5,7H2,1H3,(H,13,15)(H,16,17). The third-order valence-electron chi connectivity index (χ3n) is 2.39. The van der Waals surface area contributed by atoms with E-state index in [0.717, 1.165) is 18.2 Å². The highest BCUT2D eigenvalue weighted by Crippen LogP contribution is 2.24. The van der Waals surface area contributed by atoms with Gasteiger partial charge in [0.1, 0.15) is 11.3 Å². The van der Waals surface area contributed by atoms with Gasteiger partial charge in [0, 0.05) is 25.8 Å². The zero-order valence-corrected chi connectivity index (χ0v) is 11.2. The Bertz CT molecular complexity index is 544. The number of carbonyl (C=O) groups is 2. The van der Waals surface area contributed by atoms with Crippen molar-refractivity contribution in [3.63, 3.8) is 0 Å². The summed E-state index contributed by atoms with van der Waals surface area (Å²) in [6, 6.07) is 3.12. The van der Waals surface area contributed by atoms with Gasteiger partial charge in [-0.05, 0) is 6.07 Å². The number of rotatable bonds is 8. The van der Waals surface area contributed by atoms with E-state index in [9.17, 15) is 19.7 Å². The van der Waals surface area contributed by atoms with Crippen LogP contribution in [0.25, 0.3) is 0 Å². The third kappa shape index (κ3) is 5.07. The van der Waals surface area contributed by atoms with Gasteiger partial charge in [0.15, 0.2) is 6.61 Å². The van der Waals surface area contributed by atoms with Crippen LogP contribution in [-0.2, 0) is 9.53 Å². The lowest BCUT2D eigenvalue weighted by Gasteiger charge is -2.09. The van der Waals surface area contributed by atoms with Crippen molar-refractivity contribution < 1.29 is 29.1 Å². The van der Waals surface area contributed by atoms with Crippen LogP contribution in [0.1, 0.15) is 10.4 Å². The van der Waals surface area contributed by atoms with Gasteiger partial charge in [0.05, 0.1) is 11.5 Å². The van der Waals surface area contributed by atoms with Crippen LogP contribution in [0.2, 0.25) is 0 Å². The Kier molecular flexibility index (Phi) is 6.08. The molecule has 1 aromatic carbocycles. The van der Waals surface area contributed by atoms with Crippen molar-refractivity contribution in [2.75, 3.05) is 26.9 Å². The van der Waals surface area contributed by atoms with E-state index in [2.05, 4.69) is 5.32 Å². The molecule has 1 amide bonds. The molecular formula is C12H14N2O7.